The monoisotopic (exact) mass is 383 g/mol. The van der Waals surface area contributed by atoms with E-state index >= 15 is 0 Å². The molecule has 0 atom stereocenters. The van der Waals surface area contributed by atoms with E-state index in [0.29, 0.717) is 0 Å². The van der Waals surface area contributed by atoms with Gasteiger partial charge in [-0.1, -0.05) is 48.5 Å². The van der Waals surface area contributed by atoms with Crippen LogP contribution in [-0.2, 0) is 9.31 Å². The van der Waals surface area contributed by atoms with Crippen molar-refractivity contribution < 1.29 is 28.2 Å². The molecule has 6 nitrogen and oxygen atoms in total. The molecular formula is C22H12BO6-. The van der Waals surface area contributed by atoms with E-state index in [2.05, 4.69) is 0 Å². The van der Waals surface area contributed by atoms with Crippen LogP contribution in [0.2, 0.25) is 0 Å². The molecule has 0 fully saturated rings. The molecule has 0 amide bonds. The highest BCUT2D eigenvalue weighted by Crippen LogP contribution is 2.39. The standard InChI is InChI=1S/C22H12BO6/c24-21-17-9-13-5-1-3-7-15(13)11-19(17)26-23(28-21)27-20-12-16-8-4-2-6-14(16)10-18(20)22(25)29-23/h1-12H/q-1. The molecule has 2 aliphatic rings. The molecular weight excluding hydrogens is 371 g/mol. The number of fused-ring (bicyclic) bond motifs is 4. The quantitative estimate of drug-likeness (QED) is 0.424. The molecule has 0 unspecified atom stereocenters. The van der Waals surface area contributed by atoms with Crippen LogP contribution in [0.15, 0.2) is 72.8 Å². The molecule has 29 heavy (non-hydrogen) atoms. The highest BCUT2D eigenvalue weighted by Gasteiger charge is 2.52. The summed E-state index contributed by atoms with van der Waals surface area (Å²) in [4.78, 5) is 25.4. The summed E-state index contributed by atoms with van der Waals surface area (Å²) in [6.07, 6.45) is 0. The molecule has 4 aromatic carbocycles. The lowest BCUT2D eigenvalue weighted by Gasteiger charge is -2.45. The third kappa shape index (κ3) is 2.37. The zero-order chi connectivity index (χ0) is 19.6. The fourth-order valence-electron chi connectivity index (χ4n) is 3.80. The Labute approximate surface area is 164 Å². The largest absolute Gasteiger partial charge is 0.781 e. The van der Waals surface area contributed by atoms with E-state index in [9.17, 15) is 9.59 Å². The van der Waals surface area contributed by atoms with E-state index in [1.165, 1.54) is 0 Å². The molecule has 4 aromatic rings. The van der Waals surface area contributed by atoms with Gasteiger partial charge in [0.1, 0.15) is 0 Å². The van der Waals surface area contributed by atoms with Crippen molar-refractivity contribution >= 4 is 40.4 Å². The predicted molar refractivity (Wildman–Crippen MR) is 106 cm³/mol. The van der Waals surface area contributed by atoms with Gasteiger partial charge in [-0.25, -0.2) is 0 Å². The lowest BCUT2D eigenvalue weighted by atomic mass is 9.94. The van der Waals surface area contributed by atoms with Gasteiger partial charge in [-0.3, -0.25) is 9.59 Å². The fourth-order valence-corrected chi connectivity index (χ4v) is 3.80. The average Bonchev–Trinajstić information content (AvgIpc) is 2.71. The molecule has 0 aromatic heterocycles. The van der Waals surface area contributed by atoms with Gasteiger partial charge < -0.3 is 18.6 Å². The summed E-state index contributed by atoms with van der Waals surface area (Å²) < 4.78 is 22.4. The fraction of sp³-hybridized carbons (Fsp3) is 0. The summed E-state index contributed by atoms with van der Waals surface area (Å²) in [7, 11) is 0. The number of benzene rings is 4. The van der Waals surface area contributed by atoms with Crippen LogP contribution in [0.4, 0.5) is 0 Å². The van der Waals surface area contributed by atoms with Gasteiger partial charge in [-0.2, -0.15) is 0 Å². The van der Waals surface area contributed by atoms with E-state index in [0.717, 1.165) is 21.5 Å². The van der Waals surface area contributed by atoms with Crippen LogP contribution in [-0.4, -0.2) is 18.9 Å². The van der Waals surface area contributed by atoms with Crippen LogP contribution in [0, 0.1) is 0 Å². The van der Waals surface area contributed by atoms with Crippen molar-refractivity contribution in [2.45, 2.75) is 0 Å². The first-order valence-electron chi connectivity index (χ1n) is 9.13. The van der Waals surface area contributed by atoms with E-state index in [1.807, 2.05) is 48.5 Å². The Bertz CT molecular complexity index is 1260. The second-order valence-electron chi connectivity index (χ2n) is 7.01. The molecule has 0 aliphatic carbocycles. The van der Waals surface area contributed by atoms with Crippen molar-refractivity contribution in [1.29, 1.82) is 0 Å². The molecule has 1 spiro atoms. The van der Waals surface area contributed by atoms with Crippen LogP contribution in [0.25, 0.3) is 21.5 Å². The average molecular weight is 383 g/mol. The van der Waals surface area contributed by atoms with Gasteiger partial charge in [0.15, 0.2) is 0 Å². The molecule has 0 radical (unpaired) electrons. The maximum absolute atomic E-state index is 12.7. The summed E-state index contributed by atoms with van der Waals surface area (Å²) in [5.74, 6) is -0.850. The summed E-state index contributed by atoms with van der Waals surface area (Å²) in [5.41, 5.74) is 0.500. The lowest BCUT2D eigenvalue weighted by Crippen LogP contribution is -2.61. The Morgan fingerprint density at radius 2 is 0.897 bits per heavy atom. The number of carbonyl (C=O) groups is 2. The zero-order valence-corrected chi connectivity index (χ0v) is 15.0. The van der Waals surface area contributed by atoms with Crippen molar-refractivity contribution in [3.05, 3.63) is 83.9 Å². The zero-order valence-electron chi connectivity index (χ0n) is 15.0. The van der Waals surface area contributed by atoms with Gasteiger partial charge in [-0.15, -0.1) is 0 Å². The molecule has 2 aliphatic heterocycles. The molecule has 0 saturated heterocycles. The van der Waals surface area contributed by atoms with Gasteiger partial charge in [0.25, 0.3) is 0 Å². The first-order valence-corrected chi connectivity index (χ1v) is 9.13. The number of hydrogen-bond donors (Lipinski definition) is 0. The minimum atomic E-state index is -3.09. The van der Waals surface area contributed by atoms with Crippen molar-refractivity contribution in [2.75, 3.05) is 0 Å². The topological polar surface area (TPSA) is 71.1 Å². The van der Waals surface area contributed by atoms with Crippen molar-refractivity contribution in [3.63, 3.8) is 0 Å². The van der Waals surface area contributed by atoms with Crippen molar-refractivity contribution in [1.82, 2.24) is 0 Å². The normalized spacial score (nSPS) is 16.4. The lowest BCUT2D eigenvalue weighted by molar-refractivity contribution is 0.0178. The van der Waals surface area contributed by atoms with Gasteiger partial charge in [0.2, 0.25) is 0 Å². The third-order valence-corrected chi connectivity index (χ3v) is 5.18. The summed E-state index contributed by atoms with van der Waals surface area (Å²) in [6.45, 7) is -3.09. The van der Waals surface area contributed by atoms with Crippen LogP contribution < -0.4 is 9.31 Å². The number of hydrogen-bond acceptors (Lipinski definition) is 6. The Balaban J connectivity index is 1.47. The minimum absolute atomic E-state index is 0.247. The number of rotatable bonds is 0. The van der Waals surface area contributed by atoms with Crippen LogP contribution in [0.3, 0.4) is 0 Å². The van der Waals surface area contributed by atoms with Gasteiger partial charge in [0.05, 0.1) is 22.6 Å². The van der Waals surface area contributed by atoms with Crippen LogP contribution >= 0.6 is 0 Å². The van der Waals surface area contributed by atoms with Crippen molar-refractivity contribution in [2.24, 2.45) is 0 Å². The van der Waals surface area contributed by atoms with Gasteiger partial charge in [-0.05, 0) is 45.8 Å². The molecule has 0 saturated carbocycles. The Morgan fingerprint density at radius 3 is 1.31 bits per heavy atom. The predicted octanol–water partition coefficient (Wildman–Crippen LogP) is 4.23. The molecule has 2 heterocycles. The number of carbonyl (C=O) groups excluding carboxylic acids is 2. The molecule has 0 bridgehead atoms. The Hall–Kier alpha value is -4.00. The summed E-state index contributed by atoms with van der Waals surface area (Å²) in [5, 5.41) is 3.49. The van der Waals surface area contributed by atoms with E-state index in [-0.39, 0.29) is 22.6 Å². The first kappa shape index (κ1) is 16.0. The maximum Gasteiger partial charge on any atom is 0.781 e. The van der Waals surface area contributed by atoms with Gasteiger partial charge in [0, 0.05) is 0 Å². The smallest absolute Gasteiger partial charge is 0.610 e. The molecule has 0 N–H and O–H groups in total. The van der Waals surface area contributed by atoms with E-state index in [1.54, 1.807) is 24.3 Å². The second kappa shape index (κ2) is 5.51. The first-order chi connectivity index (χ1) is 14.1. The Kier molecular flexibility index (Phi) is 3.04. The van der Waals surface area contributed by atoms with Crippen molar-refractivity contribution in [3.8, 4) is 11.5 Å². The van der Waals surface area contributed by atoms with E-state index in [4.69, 9.17) is 18.6 Å². The highest BCUT2D eigenvalue weighted by molar-refractivity contribution is 6.61. The molecule has 6 rings (SSSR count). The van der Waals surface area contributed by atoms with E-state index < -0.39 is 18.9 Å². The minimum Gasteiger partial charge on any atom is -0.610 e. The molecule has 7 heteroatoms. The van der Waals surface area contributed by atoms with Crippen LogP contribution in [0.5, 0.6) is 11.5 Å². The maximum atomic E-state index is 12.7. The highest BCUT2D eigenvalue weighted by atomic mass is 16.9. The van der Waals surface area contributed by atoms with Crippen LogP contribution in [0.1, 0.15) is 20.7 Å². The molecule has 140 valence electrons. The Morgan fingerprint density at radius 1 is 0.517 bits per heavy atom. The van der Waals surface area contributed by atoms with Gasteiger partial charge >= 0.3 is 18.9 Å². The third-order valence-electron chi connectivity index (χ3n) is 5.18. The second-order valence-corrected chi connectivity index (χ2v) is 7.01. The summed E-state index contributed by atoms with van der Waals surface area (Å²) in [6, 6.07) is 21.9. The summed E-state index contributed by atoms with van der Waals surface area (Å²) >= 11 is 0. The SMILES string of the molecule is O=C1O[B-]2(OC(=O)c3cc4ccccc4cc3O2)Oc2cc3ccccc3cc21.